The lowest BCUT2D eigenvalue weighted by Crippen LogP contribution is -2.13. The van der Waals surface area contributed by atoms with Gasteiger partial charge in [-0.25, -0.2) is 4.39 Å². The minimum atomic E-state index is -0.672. The molecule has 0 bridgehead atoms. The quantitative estimate of drug-likeness (QED) is 0.640. The van der Waals surface area contributed by atoms with Crippen LogP contribution in [0.25, 0.3) is 0 Å². The lowest BCUT2D eigenvalue weighted by Gasteiger charge is -2.08. The second-order valence-electron chi connectivity index (χ2n) is 3.59. The van der Waals surface area contributed by atoms with Gasteiger partial charge in [-0.2, -0.15) is 0 Å². The number of para-hydroxylation sites is 1. The van der Waals surface area contributed by atoms with Gasteiger partial charge in [0.25, 0.3) is 5.91 Å². The lowest BCUT2D eigenvalue weighted by atomic mass is 10.2. The highest BCUT2D eigenvalue weighted by atomic mass is 127. The summed E-state index contributed by atoms with van der Waals surface area (Å²) in [6, 6.07) is 10.7. The van der Waals surface area contributed by atoms with Crippen molar-refractivity contribution in [3.8, 4) is 5.75 Å². The first-order valence-corrected chi connectivity index (χ1v) is 6.20. The van der Waals surface area contributed by atoms with Gasteiger partial charge in [-0.05, 0) is 59.0 Å². The van der Waals surface area contributed by atoms with Crippen molar-refractivity contribution in [1.29, 1.82) is 0 Å². The Morgan fingerprint density at radius 3 is 2.44 bits per heavy atom. The number of halogens is 2. The minimum absolute atomic E-state index is 0.207. The lowest BCUT2D eigenvalue weighted by molar-refractivity contribution is 0.102. The summed E-state index contributed by atoms with van der Waals surface area (Å²) in [5, 5.41) is 11.8. The van der Waals surface area contributed by atoms with E-state index in [0.717, 1.165) is 3.57 Å². The molecule has 2 rings (SSSR count). The maximum atomic E-state index is 13.4. The number of anilines is 1. The molecule has 0 saturated carbocycles. The Hall–Kier alpha value is -1.63. The van der Waals surface area contributed by atoms with Gasteiger partial charge in [0.15, 0.2) is 5.82 Å². The van der Waals surface area contributed by atoms with Crippen molar-refractivity contribution in [3.63, 3.8) is 0 Å². The fraction of sp³-hybridized carbons (Fsp3) is 0. The number of rotatable bonds is 2. The molecule has 0 aliphatic heterocycles. The molecule has 0 saturated heterocycles. The van der Waals surface area contributed by atoms with Gasteiger partial charge in [0, 0.05) is 9.13 Å². The molecule has 0 heterocycles. The molecule has 5 heteroatoms. The van der Waals surface area contributed by atoms with Crippen LogP contribution in [0.5, 0.6) is 5.75 Å². The summed E-state index contributed by atoms with van der Waals surface area (Å²) in [6.07, 6.45) is 0. The third-order valence-electron chi connectivity index (χ3n) is 2.34. The van der Waals surface area contributed by atoms with Gasteiger partial charge >= 0.3 is 0 Å². The zero-order valence-electron chi connectivity index (χ0n) is 9.15. The maximum absolute atomic E-state index is 13.4. The maximum Gasteiger partial charge on any atom is 0.255 e. The van der Waals surface area contributed by atoms with Crippen LogP contribution in [0.3, 0.4) is 0 Å². The zero-order valence-corrected chi connectivity index (χ0v) is 11.3. The van der Waals surface area contributed by atoms with E-state index >= 15 is 0 Å². The molecule has 0 radical (unpaired) electrons. The van der Waals surface area contributed by atoms with Crippen molar-refractivity contribution in [2.24, 2.45) is 0 Å². The second-order valence-corrected chi connectivity index (χ2v) is 4.84. The number of phenols is 1. The highest BCUT2D eigenvalue weighted by Crippen LogP contribution is 2.26. The van der Waals surface area contributed by atoms with Crippen LogP contribution in [0.1, 0.15) is 10.4 Å². The highest BCUT2D eigenvalue weighted by molar-refractivity contribution is 14.1. The van der Waals surface area contributed by atoms with Gasteiger partial charge in [0.2, 0.25) is 0 Å². The average Bonchev–Trinajstić information content (AvgIpc) is 2.34. The Bertz CT molecular complexity index is 564. The van der Waals surface area contributed by atoms with E-state index in [1.165, 1.54) is 18.2 Å². The topological polar surface area (TPSA) is 49.3 Å². The first kappa shape index (κ1) is 12.8. The van der Waals surface area contributed by atoms with Crippen LogP contribution >= 0.6 is 22.6 Å². The predicted octanol–water partition coefficient (Wildman–Crippen LogP) is 3.39. The van der Waals surface area contributed by atoms with Crippen molar-refractivity contribution in [1.82, 2.24) is 0 Å². The van der Waals surface area contributed by atoms with Crippen LogP contribution < -0.4 is 5.32 Å². The van der Waals surface area contributed by atoms with Crippen molar-refractivity contribution in [3.05, 3.63) is 57.4 Å². The van der Waals surface area contributed by atoms with Crippen molar-refractivity contribution in [2.75, 3.05) is 5.32 Å². The van der Waals surface area contributed by atoms with Crippen molar-refractivity contribution < 1.29 is 14.3 Å². The van der Waals surface area contributed by atoms with E-state index < -0.39 is 11.7 Å². The summed E-state index contributed by atoms with van der Waals surface area (Å²) < 4.78 is 14.4. The number of carbonyl (C=O) groups is 1. The highest BCUT2D eigenvalue weighted by Gasteiger charge is 2.12. The van der Waals surface area contributed by atoms with Gasteiger partial charge in [-0.3, -0.25) is 4.79 Å². The Balaban J connectivity index is 2.24. The summed E-state index contributed by atoms with van der Waals surface area (Å²) in [5.74, 6) is -1.44. The van der Waals surface area contributed by atoms with Gasteiger partial charge in [0.05, 0.1) is 0 Å². The van der Waals surface area contributed by atoms with E-state index in [1.807, 2.05) is 0 Å². The molecule has 2 N–H and O–H groups in total. The fourth-order valence-corrected chi connectivity index (χ4v) is 1.78. The Kier molecular flexibility index (Phi) is 3.81. The number of nitrogens with one attached hydrogen (secondary N) is 1. The molecular formula is C13H9FINO2. The van der Waals surface area contributed by atoms with Crippen LogP contribution in [0.15, 0.2) is 42.5 Å². The average molecular weight is 357 g/mol. The van der Waals surface area contributed by atoms with Crippen LogP contribution in [-0.2, 0) is 0 Å². The molecule has 3 nitrogen and oxygen atoms in total. The van der Waals surface area contributed by atoms with Crippen LogP contribution in [0, 0.1) is 9.39 Å². The number of amides is 1. The number of hydrogen-bond acceptors (Lipinski definition) is 2. The Morgan fingerprint density at radius 1 is 1.17 bits per heavy atom. The molecule has 0 aromatic heterocycles. The van der Waals surface area contributed by atoms with E-state index in [4.69, 9.17) is 0 Å². The summed E-state index contributed by atoms with van der Waals surface area (Å²) in [5.41, 5.74) is 0.194. The van der Waals surface area contributed by atoms with E-state index in [9.17, 15) is 14.3 Å². The number of carbonyl (C=O) groups excluding carboxylic acids is 1. The summed E-state index contributed by atoms with van der Waals surface area (Å²) in [7, 11) is 0. The molecule has 0 unspecified atom stereocenters. The Morgan fingerprint density at radius 2 is 1.83 bits per heavy atom. The number of hydrogen-bond donors (Lipinski definition) is 2. The number of benzene rings is 2. The molecular weight excluding hydrogens is 348 g/mol. The molecule has 2 aromatic rings. The fourth-order valence-electron chi connectivity index (χ4n) is 1.42. The third kappa shape index (κ3) is 2.79. The van der Waals surface area contributed by atoms with E-state index in [-0.39, 0.29) is 11.4 Å². The summed E-state index contributed by atoms with van der Waals surface area (Å²) in [6.45, 7) is 0. The minimum Gasteiger partial charge on any atom is -0.506 e. The van der Waals surface area contributed by atoms with Crippen LogP contribution in [0.4, 0.5) is 10.1 Å². The standard InChI is InChI=1S/C13H9FINO2/c14-10-2-1-3-11(17)12(10)16-13(18)8-4-6-9(15)7-5-8/h1-7,17H,(H,16,18). The van der Waals surface area contributed by atoms with Crippen LogP contribution in [-0.4, -0.2) is 11.0 Å². The first-order chi connectivity index (χ1) is 8.58. The van der Waals surface area contributed by atoms with Crippen LogP contribution in [0.2, 0.25) is 0 Å². The third-order valence-corrected chi connectivity index (χ3v) is 3.06. The molecule has 1 amide bonds. The monoisotopic (exact) mass is 357 g/mol. The number of aromatic hydroxyl groups is 1. The molecule has 92 valence electrons. The molecule has 0 atom stereocenters. The molecule has 0 spiro atoms. The van der Waals surface area contributed by atoms with Gasteiger partial charge in [0.1, 0.15) is 11.4 Å². The van der Waals surface area contributed by atoms with E-state index in [1.54, 1.807) is 24.3 Å². The molecule has 0 aliphatic rings. The summed E-state index contributed by atoms with van der Waals surface area (Å²) >= 11 is 2.12. The molecule has 2 aromatic carbocycles. The molecule has 18 heavy (non-hydrogen) atoms. The van der Waals surface area contributed by atoms with E-state index in [0.29, 0.717) is 5.56 Å². The largest absolute Gasteiger partial charge is 0.506 e. The molecule has 0 aliphatic carbocycles. The smallest absolute Gasteiger partial charge is 0.255 e. The normalized spacial score (nSPS) is 10.1. The van der Waals surface area contributed by atoms with Gasteiger partial charge < -0.3 is 10.4 Å². The summed E-state index contributed by atoms with van der Waals surface area (Å²) in [4.78, 5) is 11.8. The zero-order chi connectivity index (χ0) is 13.1. The van der Waals surface area contributed by atoms with Gasteiger partial charge in [-0.15, -0.1) is 0 Å². The van der Waals surface area contributed by atoms with Crippen molar-refractivity contribution in [2.45, 2.75) is 0 Å². The molecule has 0 fully saturated rings. The Labute approximate surface area is 117 Å². The second kappa shape index (κ2) is 5.34. The number of phenolic OH excluding ortho intramolecular Hbond substituents is 1. The predicted molar refractivity (Wildman–Crippen MR) is 75.2 cm³/mol. The van der Waals surface area contributed by atoms with Crippen molar-refractivity contribution >= 4 is 34.2 Å². The van der Waals surface area contributed by atoms with E-state index in [2.05, 4.69) is 27.9 Å². The SMILES string of the molecule is O=C(Nc1c(O)cccc1F)c1ccc(I)cc1. The van der Waals surface area contributed by atoms with Gasteiger partial charge in [-0.1, -0.05) is 6.07 Å². The first-order valence-electron chi connectivity index (χ1n) is 5.12.